The Morgan fingerprint density at radius 1 is 1.00 bits per heavy atom. The van der Waals surface area contributed by atoms with Gasteiger partial charge in [0.15, 0.2) is 5.78 Å². The Bertz CT molecular complexity index is 712. The van der Waals surface area contributed by atoms with Crippen LogP contribution in [0.1, 0.15) is 42.3 Å². The molecule has 0 heterocycles. The zero-order valence-corrected chi connectivity index (χ0v) is 15.9. The molecule has 3 heteroatoms. The highest BCUT2D eigenvalue weighted by Crippen LogP contribution is 2.37. The highest BCUT2D eigenvalue weighted by molar-refractivity contribution is 6.74. The van der Waals surface area contributed by atoms with Crippen molar-refractivity contribution in [2.45, 2.75) is 45.8 Å². The first-order chi connectivity index (χ1) is 10.6. The summed E-state index contributed by atoms with van der Waals surface area (Å²) in [7, 11) is -1.90. The van der Waals surface area contributed by atoms with Gasteiger partial charge in [-0.3, -0.25) is 4.79 Å². The Morgan fingerprint density at radius 3 is 2.26 bits per heavy atom. The maximum Gasteiger partial charge on any atom is 0.250 e. The number of rotatable bonds is 4. The van der Waals surface area contributed by atoms with E-state index >= 15 is 0 Å². The molecule has 23 heavy (non-hydrogen) atoms. The van der Waals surface area contributed by atoms with Crippen molar-refractivity contribution in [1.82, 2.24) is 0 Å². The van der Waals surface area contributed by atoms with Crippen LogP contribution in [0.3, 0.4) is 0 Å². The van der Waals surface area contributed by atoms with Crippen LogP contribution in [0.4, 0.5) is 0 Å². The molecule has 2 aromatic carbocycles. The summed E-state index contributed by atoms with van der Waals surface area (Å²) in [4.78, 5) is 12.7. The van der Waals surface area contributed by atoms with Gasteiger partial charge in [0.1, 0.15) is 5.75 Å². The summed E-state index contributed by atoms with van der Waals surface area (Å²) in [6, 6.07) is 15.2. The predicted octanol–water partition coefficient (Wildman–Crippen LogP) is 5.61. The summed E-state index contributed by atoms with van der Waals surface area (Å²) in [5, 5.41) is 0.128. The van der Waals surface area contributed by atoms with Crippen molar-refractivity contribution in [3.05, 3.63) is 65.2 Å². The average Bonchev–Trinajstić information content (AvgIpc) is 2.45. The zero-order chi connectivity index (χ0) is 17.3. The summed E-state index contributed by atoms with van der Waals surface area (Å²) in [5.41, 5.74) is 2.42. The predicted molar refractivity (Wildman–Crippen MR) is 98.9 cm³/mol. The molecule has 0 saturated carbocycles. The maximum atomic E-state index is 12.7. The highest BCUT2D eigenvalue weighted by atomic mass is 28.4. The molecule has 0 aliphatic carbocycles. The lowest BCUT2D eigenvalue weighted by molar-refractivity contribution is 0.103. The van der Waals surface area contributed by atoms with Gasteiger partial charge in [-0.1, -0.05) is 57.2 Å². The molecule has 0 atom stereocenters. The molecule has 0 spiro atoms. The van der Waals surface area contributed by atoms with Gasteiger partial charge in [0.2, 0.25) is 8.32 Å². The van der Waals surface area contributed by atoms with E-state index in [0.29, 0.717) is 5.56 Å². The summed E-state index contributed by atoms with van der Waals surface area (Å²) < 4.78 is 6.31. The second kappa shape index (κ2) is 6.32. The van der Waals surface area contributed by atoms with E-state index in [-0.39, 0.29) is 10.8 Å². The first-order valence-corrected chi connectivity index (χ1v) is 10.9. The molecule has 0 amide bonds. The average molecular weight is 327 g/mol. The first kappa shape index (κ1) is 17.5. The quantitative estimate of drug-likeness (QED) is 0.539. The molecule has 0 bridgehead atoms. The van der Waals surface area contributed by atoms with Crippen molar-refractivity contribution in [3.63, 3.8) is 0 Å². The number of carbonyl (C=O) groups excluding carboxylic acids is 1. The molecule has 0 aliphatic rings. The number of carbonyl (C=O) groups is 1. The Morgan fingerprint density at radius 2 is 1.65 bits per heavy atom. The molecule has 2 aromatic rings. The van der Waals surface area contributed by atoms with Crippen molar-refractivity contribution in [2.24, 2.45) is 0 Å². The molecule has 0 radical (unpaired) electrons. The van der Waals surface area contributed by atoms with E-state index in [1.807, 2.05) is 55.5 Å². The van der Waals surface area contributed by atoms with Crippen LogP contribution in [0, 0.1) is 6.92 Å². The fourth-order valence-corrected chi connectivity index (χ4v) is 3.15. The maximum absolute atomic E-state index is 12.7. The van der Waals surface area contributed by atoms with E-state index in [4.69, 9.17) is 4.43 Å². The van der Waals surface area contributed by atoms with Crippen molar-refractivity contribution < 1.29 is 9.22 Å². The van der Waals surface area contributed by atoms with Crippen molar-refractivity contribution >= 4 is 14.1 Å². The van der Waals surface area contributed by atoms with Gasteiger partial charge in [0.25, 0.3) is 0 Å². The Balaban J connectivity index is 2.31. The summed E-state index contributed by atoms with van der Waals surface area (Å²) >= 11 is 0. The van der Waals surface area contributed by atoms with Gasteiger partial charge in [-0.2, -0.15) is 0 Å². The Kier molecular flexibility index (Phi) is 4.80. The normalized spacial score (nSPS) is 12.1. The molecule has 0 aliphatic heterocycles. The minimum absolute atomic E-state index is 0.0452. The summed E-state index contributed by atoms with van der Waals surface area (Å²) in [6.07, 6.45) is 0. The summed E-state index contributed by atoms with van der Waals surface area (Å²) in [6.45, 7) is 13.0. The molecule has 0 N–H and O–H groups in total. The number of ketones is 1. The Labute approximate surface area is 140 Å². The number of hydrogen-bond donors (Lipinski definition) is 0. The van der Waals surface area contributed by atoms with Gasteiger partial charge >= 0.3 is 0 Å². The third-order valence-electron chi connectivity index (χ3n) is 4.67. The van der Waals surface area contributed by atoms with Crippen molar-refractivity contribution in [3.8, 4) is 5.75 Å². The highest BCUT2D eigenvalue weighted by Gasteiger charge is 2.39. The zero-order valence-electron chi connectivity index (χ0n) is 14.9. The van der Waals surface area contributed by atoms with E-state index in [1.165, 1.54) is 0 Å². The van der Waals surface area contributed by atoms with Gasteiger partial charge in [-0.05, 0) is 42.8 Å². The van der Waals surface area contributed by atoms with E-state index in [0.717, 1.165) is 16.9 Å². The topological polar surface area (TPSA) is 26.3 Å². The van der Waals surface area contributed by atoms with Gasteiger partial charge in [-0.15, -0.1) is 0 Å². The Hall–Kier alpha value is -1.87. The lowest BCUT2D eigenvalue weighted by Gasteiger charge is -2.36. The number of aryl methyl sites for hydroxylation is 1. The fourth-order valence-electron chi connectivity index (χ4n) is 2.13. The van der Waals surface area contributed by atoms with E-state index in [9.17, 15) is 4.79 Å². The van der Waals surface area contributed by atoms with Crippen molar-refractivity contribution in [1.29, 1.82) is 0 Å². The van der Waals surface area contributed by atoms with Gasteiger partial charge in [-0.25, -0.2) is 0 Å². The van der Waals surface area contributed by atoms with Crippen LogP contribution < -0.4 is 4.43 Å². The lowest BCUT2D eigenvalue weighted by Crippen LogP contribution is -2.43. The van der Waals surface area contributed by atoms with Crippen LogP contribution >= 0.6 is 0 Å². The van der Waals surface area contributed by atoms with E-state index in [1.54, 1.807) is 0 Å². The molecular formula is C20H26O2Si. The molecule has 0 unspecified atom stereocenters. The molecule has 2 rings (SSSR count). The van der Waals surface area contributed by atoms with E-state index in [2.05, 4.69) is 33.9 Å². The van der Waals surface area contributed by atoms with Gasteiger partial charge < -0.3 is 4.43 Å². The lowest BCUT2D eigenvalue weighted by atomic mass is 9.99. The van der Waals surface area contributed by atoms with Crippen molar-refractivity contribution in [2.75, 3.05) is 0 Å². The summed E-state index contributed by atoms with van der Waals surface area (Å²) in [5.74, 6) is 0.833. The molecular weight excluding hydrogens is 300 g/mol. The molecule has 0 saturated heterocycles. The van der Waals surface area contributed by atoms with Crippen LogP contribution in [-0.4, -0.2) is 14.1 Å². The minimum atomic E-state index is -1.90. The van der Waals surface area contributed by atoms with Gasteiger partial charge in [0.05, 0.1) is 0 Å². The largest absolute Gasteiger partial charge is 0.543 e. The molecule has 2 nitrogen and oxygen atoms in total. The second-order valence-electron chi connectivity index (χ2n) is 7.53. The van der Waals surface area contributed by atoms with Crippen LogP contribution in [0.25, 0.3) is 0 Å². The van der Waals surface area contributed by atoms with Crippen LogP contribution in [0.15, 0.2) is 48.5 Å². The molecule has 0 fully saturated rings. The fraction of sp³-hybridized carbons (Fsp3) is 0.350. The molecule has 0 aromatic heterocycles. The molecule has 122 valence electrons. The van der Waals surface area contributed by atoms with Crippen LogP contribution in [0.2, 0.25) is 18.1 Å². The number of benzene rings is 2. The van der Waals surface area contributed by atoms with E-state index < -0.39 is 8.32 Å². The van der Waals surface area contributed by atoms with Crippen LogP contribution in [0.5, 0.6) is 5.75 Å². The van der Waals surface area contributed by atoms with Gasteiger partial charge in [0, 0.05) is 11.1 Å². The third kappa shape index (κ3) is 3.91. The minimum Gasteiger partial charge on any atom is -0.543 e. The SMILES string of the molecule is Cc1ccccc1C(=O)c1cccc(O[Si](C)(C)C(C)(C)C)c1. The smallest absolute Gasteiger partial charge is 0.250 e. The first-order valence-electron chi connectivity index (χ1n) is 8.01. The third-order valence-corrected chi connectivity index (χ3v) is 9.02. The monoisotopic (exact) mass is 326 g/mol. The van der Waals surface area contributed by atoms with Crippen LogP contribution in [-0.2, 0) is 0 Å². The standard InChI is InChI=1S/C20H26O2Si/c1-15-10-7-8-13-18(15)19(21)16-11-9-12-17(14-16)22-23(5,6)20(2,3)4/h7-14H,1-6H3. The number of hydrogen-bond acceptors (Lipinski definition) is 2. The second-order valence-corrected chi connectivity index (χ2v) is 12.3.